The molecule has 0 spiro atoms. The average molecular weight is 461 g/mol. The first-order valence-corrected chi connectivity index (χ1v) is 12.9. The number of methoxy groups -OCH3 is 2. The summed E-state index contributed by atoms with van der Waals surface area (Å²) in [7, 11) is 3.37. The van der Waals surface area contributed by atoms with Crippen molar-refractivity contribution < 1.29 is 23.7 Å². The van der Waals surface area contributed by atoms with Gasteiger partial charge in [-0.05, 0) is 68.1 Å². The largest absolute Gasteiger partial charge is 0.359 e. The second-order valence-electron chi connectivity index (χ2n) is 11.6. The third-order valence-corrected chi connectivity index (χ3v) is 9.78. The van der Waals surface area contributed by atoms with E-state index in [1.165, 1.54) is 31.3 Å². The summed E-state index contributed by atoms with van der Waals surface area (Å²) in [6.45, 7) is 9.61. The monoisotopic (exact) mass is 460 g/mol. The van der Waals surface area contributed by atoms with Crippen molar-refractivity contribution in [3.63, 3.8) is 0 Å². The summed E-state index contributed by atoms with van der Waals surface area (Å²) in [4.78, 5) is 11.9. The molecule has 0 aromatic carbocycles. The van der Waals surface area contributed by atoms with Gasteiger partial charge in [0.2, 0.25) is 0 Å². The SMILES string of the molecule is COCO[C@@H]1CC2=CC=C3[C@@H]4CC[C@H](C(C)CC(C)=O)[C@@]4(C)CC[C@@H]3[C@@]2(C)[C@@H](OCOC)C1. The van der Waals surface area contributed by atoms with Crippen molar-refractivity contribution in [1.82, 2.24) is 0 Å². The third-order valence-electron chi connectivity index (χ3n) is 9.78. The van der Waals surface area contributed by atoms with Crippen molar-refractivity contribution in [3.8, 4) is 0 Å². The van der Waals surface area contributed by atoms with Crippen LogP contribution in [-0.4, -0.2) is 45.8 Å². The van der Waals surface area contributed by atoms with Gasteiger partial charge in [-0.2, -0.15) is 0 Å². The molecular formula is C28H44O5. The van der Waals surface area contributed by atoms with Gasteiger partial charge in [0.1, 0.15) is 19.4 Å². The molecule has 1 unspecified atom stereocenters. The Morgan fingerprint density at radius 3 is 2.48 bits per heavy atom. The number of ether oxygens (including phenoxy) is 4. The summed E-state index contributed by atoms with van der Waals surface area (Å²) in [5, 5.41) is 0. The first kappa shape index (κ1) is 25.1. The number of hydrogen-bond donors (Lipinski definition) is 0. The molecule has 186 valence electrons. The Hall–Kier alpha value is -1.01. The summed E-state index contributed by atoms with van der Waals surface area (Å²) < 4.78 is 22.9. The molecule has 0 amide bonds. The van der Waals surface area contributed by atoms with E-state index in [0.717, 1.165) is 12.8 Å². The van der Waals surface area contributed by atoms with Crippen LogP contribution < -0.4 is 0 Å². The Morgan fingerprint density at radius 2 is 1.79 bits per heavy atom. The molecule has 5 heteroatoms. The van der Waals surface area contributed by atoms with E-state index in [0.29, 0.717) is 54.9 Å². The van der Waals surface area contributed by atoms with Crippen LogP contribution in [0.15, 0.2) is 23.3 Å². The topological polar surface area (TPSA) is 54.0 Å². The summed E-state index contributed by atoms with van der Waals surface area (Å²) >= 11 is 0. The van der Waals surface area contributed by atoms with E-state index in [2.05, 4.69) is 32.9 Å². The minimum Gasteiger partial charge on any atom is -0.359 e. The molecule has 0 saturated heterocycles. The Morgan fingerprint density at radius 1 is 1.06 bits per heavy atom. The Balaban J connectivity index is 1.63. The zero-order chi connectivity index (χ0) is 23.8. The van der Waals surface area contributed by atoms with Gasteiger partial charge in [0.05, 0.1) is 12.2 Å². The van der Waals surface area contributed by atoms with E-state index in [1.807, 2.05) is 0 Å². The lowest BCUT2D eigenvalue weighted by molar-refractivity contribution is -0.163. The molecule has 3 fully saturated rings. The molecule has 0 heterocycles. The molecule has 3 saturated carbocycles. The van der Waals surface area contributed by atoms with Crippen molar-refractivity contribution in [2.45, 2.75) is 84.8 Å². The number of ketones is 1. The van der Waals surface area contributed by atoms with Crippen LogP contribution in [-0.2, 0) is 23.7 Å². The molecule has 0 bridgehead atoms. The van der Waals surface area contributed by atoms with Crippen LogP contribution in [0.5, 0.6) is 0 Å². The normalized spacial score (nSPS) is 40.8. The molecule has 0 aromatic heterocycles. The van der Waals surface area contributed by atoms with Gasteiger partial charge in [0.25, 0.3) is 0 Å². The van der Waals surface area contributed by atoms with Crippen molar-refractivity contribution in [2.75, 3.05) is 27.8 Å². The molecule has 5 nitrogen and oxygen atoms in total. The van der Waals surface area contributed by atoms with Crippen LogP contribution in [0, 0.1) is 34.5 Å². The predicted molar refractivity (Wildman–Crippen MR) is 129 cm³/mol. The number of carbonyl (C=O) groups is 1. The number of allylic oxidation sites excluding steroid dienone is 3. The molecule has 0 N–H and O–H groups in total. The first-order chi connectivity index (χ1) is 15.8. The van der Waals surface area contributed by atoms with E-state index < -0.39 is 0 Å². The lowest BCUT2D eigenvalue weighted by Crippen LogP contribution is -2.53. The Kier molecular flexibility index (Phi) is 7.55. The highest BCUT2D eigenvalue weighted by Gasteiger charge is 2.59. The minimum atomic E-state index is -0.0278. The van der Waals surface area contributed by atoms with Gasteiger partial charge in [-0.15, -0.1) is 0 Å². The van der Waals surface area contributed by atoms with Crippen LogP contribution in [0.2, 0.25) is 0 Å². The van der Waals surface area contributed by atoms with Crippen LogP contribution in [0.1, 0.15) is 72.6 Å². The standard InChI is InChI=1S/C28H44O5/c1-18(13-19(2)29)23-9-10-24-22-8-7-20-14-21(32-16-30-5)15-26(33-17-31-6)28(20,4)25(22)11-12-27(23,24)3/h7-8,18,21,23-26H,9-17H2,1-6H3/t18?,21-,23-,24+,25+,26+,27-,28+/m1/s1. The van der Waals surface area contributed by atoms with E-state index >= 15 is 0 Å². The molecule has 4 rings (SSSR count). The highest BCUT2D eigenvalue weighted by Crippen LogP contribution is 2.66. The van der Waals surface area contributed by atoms with Gasteiger partial charge in [0.15, 0.2) is 0 Å². The first-order valence-electron chi connectivity index (χ1n) is 12.9. The fourth-order valence-electron chi connectivity index (χ4n) is 8.26. The lowest BCUT2D eigenvalue weighted by Gasteiger charge is -2.57. The van der Waals surface area contributed by atoms with Crippen molar-refractivity contribution in [3.05, 3.63) is 23.3 Å². The maximum Gasteiger partial charge on any atom is 0.146 e. The summed E-state index contributed by atoms with van der Waals surface area (Å²) in [5.74, 6) is 2.53. The maximum absolute atomic E-state index is 11.9. The smallest absolute Gasteiger partial charge is 0.146 e. The fourth-order valence-corrected chi connectivity index (χ4v) is 8.26. The van der Waals surface area contributed by atoms with Gasteiger partial charge >= 0.3 is 0 Å². The second kappa shape index (κ2) is 9.93. The van der Waals surface area contributed by atoms with E-state index in [1.54, 1.807) is 26.7 Å². The number of rotatable bonds is 9. The molecule has 33 heavy (non-hydrogen) atoms. The number of fused-ring (bicyclic) bond motifs is 5. The summed E-state index contributed by atoms with van der Waals surface area (Å²) in [5.41, 5.74) is 3.35. The summed E-state index contributed by atoms with van der Waals surface area (Å²) in [6, 6.07) is 0. The highest BCUT2D eigenvalue weighted by molar-refractivity contribution is 5.75. The highest BCUT2D eigenvalue weighted by atomic mass is 16.7. The summed E-state index contributed by atoms with van der Waals surface area (Å²) in [6.07, 6.45) is 12.4. The van der Waals surface area contributed by atoms with Crippen LogP contribution in [0.25, 0.3) is 0 Å². The maximum atomic E-state index is 11.9. The van der Waals surface area contributed by atoms with Gasteiger partial charge in [-0.25, -0.2) is 0 Å². The Labute approximate surface area is 200 Å². The molecule has 4 aliphatic rings. The molecule has 0 aromatic rings. The second-order valence-corrected chi connectivity index (χ2v) is 11.6. The van der Waals surface area contributed by atoms with E-state index in [-0.39, 0.29) is 17.6 Å². The number of carbonyl (C=O) groups excluding carboxylic acids is 1. The fraction of sp³-hybridized carbons (Fsp3) is 0.821. The van der Waals surface area contributed by atoms with Crippen LogP contribution in [0.4, 0.5) is 0 Å². The van der Waals surface area contributed by atoms with Crippen molar-refractivity contribution in [2.24, 2.45) is 34.5 Å². The van der Waals surface area contributed by atoms with Crippen molar-refractivity contribution in [1.29, 1.82) is 0 Å². The minimum absolute atomic E-state index is 0.0278. The Bertz CT molecular complexity index is 787. The molecule has 4 aliphatic carbocycles. The molecule has 0 aliphatic heterocycles. The van der Waals surface area contributed by atoms with E-state index in [9.17, 15) is 4.79 Å². The third kappa shape index (κ3) is 4.39. The number of Topliss-reactive ketones (excluding diaryl/α,β-unsaturated/α-hetero) is 1. The van der Waals surface area contributed by atoms with Gasteiger partial charge in [-0.3, -0.25) is 0 Å². The zero-order valence-corrected chi connectivity index (χ0v) is 21.5. The lowest BCUT2D eigenvalue weighted by atomic mass is 9.49. The van der Waals surface area contributed by atoms with Crippen molar-refractivity contribution >= 4 is 5.78 Å². The number of hydrogen-bond acceptors (Lipinski definition) is 5. The van der Waals surface area contributed by atoms with Gasteiger partial charge in [0, 0.05) is 32.5 Å². The van der Waals surface area contributed by atoms with E-state index in [4.69, 9.17) is 18.9 Å². The quantitative estimate of drug-likeness (QED) is 0.414. The van der Waals surface area contributed by atoms with Gasteiger partial charge in [-0.1, -0.05) is 44.1 Å². The molecule has 8 atom stereocenters. The zero-order valence-electron chi connectivity index (χ0n) is 21.5. The predicted octanol–water partition coefficient (Wildman–Crippen LogP) is 5.69. The van der Waals surface area contributed by atoms with Gasteiger partial charge < -0.3 is 23.7 Å². The molecular weight excluding hydrogens is 416 g/mol. The van der Waals surface area contributed by atoms with Crippen LogP contribution in [0.3, 0.4) is 0 Å². The average Bonchev–Trinajstić information content (AvgIpc) is 3.13. The van der Waals surface area contributed by atoms with Crippen LogP contribution >= 0.6 is 0 Å². The molecule has 0 radical (unpaired) electrons.